The van der Waals surface area contributed by atoms with Gasteiger partial charge in [0.15, 0.2) is 0 Å². The van der Waals surface area contributed by atoms with Crippen molar-refractivity contribution in [2.24, 2.45) is 4.76 Å². The highest BCUT2D eigenvalue weighted by atomic mass is 31.2. The zero-order valence-electron chi connectivity index (χ0n) is 17.8. The quantitative estimate of drug-likeness (QED) is 0.389. The molecule has 5 nitrogen and oxygen atoms in total. The highest BCUT2D eigenvalue weighted by Gasteiger charge is 2.35. The molecule has 3 aromatic carbocycles. The van der Waals surface area contributed by atoms with Crippen molar-refractivity contribution in [3.63, 3.8) is 0 Å². The van der Waals surface area contributed by atoms with Crippen molar-refractivity contribution in [2.45, 2.75) is 32.7 Å². The molecule has 0 aromatic heterocycles. The van der Waals surface area contributed by atoms with E-state index in [9.17, 15) is 4.57 Å². The molecule has 6 heteroatoms. The summed E-state index contributed by atoms with van der Waals surface area (Å²) in [5.41, 5.74) is 2.50. The largest absolute Gasteiger partial charge is 0.564 e. The van der Waals surface area contributed by atoms with Gasteiger partial charge in [-0.25, -0.2) is 4.57 Å². The van der Waals surface area contributed by atoms with Crippen LogP contribution in [0.15, 0.2) is 89.7 Å². The van der Waals surface area contributed by atoms with Crippen LogP contribution in [0.25, 0.3) is 0 Å². The lowest BCUT2D eigenvalue weighted by atomic mass is 9.90. The van der Waals surface area contributed by atoms with Crippen molar-refractivity contribution >= 4 is 13.6 Å². The summed E-state index contributed by atoms with van der Waals surface area (Å²) in [4.78, 5) is 2.21. The lowest BCUT2D eigenvalue weighted by Crippen LogP contribution is -2.40. The Labute approximate surface area is 183 Å². The van der Waals surface area contributed by atoms with Crippen molar-refractivity contribution in [2.75, 3.05) is 6.54 Å². The number of nitrogens with zero attached hydrogens (tertiary/aromatic N) is 2. The molecule has 1 atom stereocenters. The van der Waals surface area contributed by atoms with Gasteiger partial charge < -0.3 is 13.9 Å². The molecule has 0 fully saturated rings. The predicted octanol–water partition coefficient (Wildman–Crippen LogP) is 6.68. The molecule has 0 saturated heterocycles. The van der Waals surface area contributed by atoms with Gasteiger partial charge in [-0.2, -0.15) is 0 Å². The monoisotopic (exact) mass is 434 g/mol. The standard InChI is InChI=1S/C25H27N2O3P/c1-3-24-23-18-12-11-13-20(23)19-25(27(24)4-2)26-31(28,29-21-14-7-5-8-15-21)30-22-16-9-6-10-17-22/h5-18,24H,3-4,19H2,1-2H3. The lowest BCUT2D eigenvalue weighted by molar-refractivity contribution is 0.305. The number of likely N-dealkylation sites (N-methyl/N-ethyl adjacent to an activating group) is 1. The third-order valence-corrected chi connectivity index (χ3v) is 6.72. The van der Waals surface area contributed by atoms with Crippen molar-refractivity contribution < 1.29 is 13.6 Å². The second-order valence-electron chi connectivity index (χ2n) is 7.38. The number of amidine groups is 1. The summed E-state index contributed by atoms with van der Waals surface area (Å²) in [6, 6.07) is 26.7. The van der Waals surface area contributed by atoms with E-state index in [1.807, 2.05) is 42.5 Å². The van der Waals surface area contributed by atoms with Crippen LogP contribution in [0.5, 0.6) is 11.5 Å². The Morgan fingerprint density at radius 2 is 1.42 bits per heavy atom. The first-order valence-corrected chi connectivity index (χ1v) is 12.1. The van der Waals surface area contributed by atoms with Gasteiger partial charge in [-0.1, -0.05) is 67.6 Å². The minimum absolute atomic E-state index is 0.176. The van der Waals surface area contributed by atoms with Gasteiger partial charge >= 0.3 is 7.75 Å². The van der Waals surface area contributed by atoms with Gasteiger partial charge in [0.05, 0.1) is 6.04 Å². The molecule has 0 bridgehead atoms. The number of rotatable bonds is 7. The highest BCUT2D eigenvalue weighted by Crippen LogP contribution is 2.51. The van der Waals surface area contributed by atoms with Gasteiger partial charge in [0.2, 0.25) is 0 Å². The number of fused-ring (bicyclic) bond motifs is 1. The molecule has 0 saturated carbocycles. The predicted molar refractivity (Wildman–Crippen MR) is 125 cm³/mol. The Balaban J connectivity index is 1.76. The van der Waals surface area contributed by atoms with Crippen LogP contribution in [0.1, 0.15) is 37.4 Å². The molecule has 0 amide bonds. The molecule has 0 aliphatic carbocycles. The number of para-hydroxylation sites is 2. The van der Waals surface area contributed by atoms with Crippen LogP contribution < -0.4 is 9.05 Å². The van der Waals surface area contributed by atoms with E-state index in [1.54, 1.807) is 24.3 Å². The van der Waals surface area contributed by atoms with Crippen LogP contribution in [0.3, 0.4) is 0 Å². The molecule has 3 aromatic rings. The van der Waals surface area contributed by atoms with E-state index < -0.39 is 7.75 Å². The second-order valence-corrected chi connectivity index (χ2v) is 8.88. The first-order valence-electron chi connectivity index (χ1n) is 10.6. The first kappa shape index (κ1) is 21.2. The van der Waals surface area contributed by atoms with Crippen LogP contribution in [0, 0.1) is 0 Å². The Bertz CT molecular complexity index is 1040. The van der Waals surface area contributed by atoms with Crippen molar-refractivity contribution in [3.8, 4) is 11.5 Å². The summed E-state index contributed by atoms with van der Waals surface area (Å²) >= 11 is 0. The van der Waals surface area contributed by atoms with Crippen molar-refractivity contribution in [1.82, 2.24) is 4.90 Å². The van der Waals surface area contributed by atoms with E-state index in [0.717, 1.165) is 18.8 Å². The third-order valence-electron chi connectivity index (χ3n) is 5.36. The lowest BCUT2D eigenvalue weighted by Gasteiger charge is -2.39. The smallest absolute Gasteiger partial charge is 0.399 e. The van der Waals surface area contributed by atoms with Gasteiger partial charge in [0.25, 0.3) is 0 Å². The third kappa shape index (κ3) is 4.83. The molecule has 0 N–H and O–H groups in total. The average molecular weight is 434 g/mol. The summed E-state index contributed by atoms with van der Waals surface area (Å²) in [7, 11) is -3.88. The maximum atomic E-state index is 13.9. The second kappa shape index (κ2) is 9.40. The average Bonchev–Trinajstić information content (AvgIpc) is 2.79. The number of benzene rings is 3. The first-order chi connectivity index (χ1) is 15.1. The van der Waals surface area contributed by atoms with E-state index in [4.69, 9.17) is 9.05 Å². The Kier molecular flexibility index (Phi) is 6.43. The number of hydrogen-bond acceptors (Lipinski definition) is 3. The van der Waals surface area contributed by atoms with Crippen molar-refractivity contribution in [1.29, 1.82) is 0 Å². The van der Waals surface area contributed by atoms with Crippen molar-refractivity contribution in [3.05, 3.63) is 96.1 Å². The maximum Gasteiger partial charge on any atom is 0.564 e. The van der Waals surface area contributed by atoms with Gasteiger partial charge in [-0.15, -0.1) is 4.76 Å². The summed E-state index contributed by atoms with van der Waals surface area (Å²) in [6.07, 6.45) is 1.51. The molecule has 1 heterocycles. The van der Waals surface area contributed by atoms with E-state index in [1.165, 1.54) is 11.1 Å². The molecule has 160 valence electrons. The number of hydrogen-bond donors (Lipinski definition) is 0. The van der Waals surface area contributed by atoms with Gasteiger partial charge in [-0.05, 0) is 48.7 Å². The van der Waals surface area contributed by atoms with Crippen LogP contribution in [0.2, 0.25) is 0 Å². The van der Waals surface area contributed by atoms with Crippen LogP contribution in [-0.2, 0) is 11.0 Å². The SMILES string of the molecule is CCC1c2ccccc2CC(=NP(=O)(Oc2ccccc2)Oc2ccccc2)N1CC. The maximum absolute atomic E-state index is 13.9. The van der Waals surface area contributed by atoms with E-state index in [-0.39, 0.29) is 6.04 Å². The van der Waals surface area contributed by atoms with E-state index in [2.05, 4.69) is 41.7 Å². The van der Waals surface area contributed by atoms with E-state index in [0.29, 0.717) is 17.9 Å². The Morgan fingerprint density at radius 3 is 1.97 bits per heavy atom. The fraction of sp³-hybridized carbons (Fsp3) is 0.240. The summed E-state index contributed by atoms with van der Waals surface area (Å²) in [6.45, 7) is 5.00. The van der Waals surface area contributed by atoms with Crippen LogP contribution in [-0.4, -0.2) is 17.3 Å². The fourth-order valence-electron chi connectivity index (χ4n) is 4.01. The fourth-order valence-corrected chi connectivity index (χ4v) is 5.37. The van der Waals surface area contributed by atoms with Gasteiger partial charge in [0.1, 0.15) is 17.3 Å². The molecule has 1 aliphatic heterocycles. The molecular weight excluding hydrogens is 407 g/mol. The van der Waals surface area contributed by atoms with Gasteiger partial charge in [0, 0.05) is 13.0 Å². The molecule has 31 heavy (non-hydrogen) atoms. The zero-order chi connectivity index (χ0) is 21.7. The molecule has 4 rings (SSSR count). The molecule has 1 unspecified atom stereocenters. The molecular formula is C25H27N2O3P. The van der Waals surface area contributed by atoms with E-state index >= 15 is 0 Å². The summed E-state index contributed by atoms with van der Waals surface area (Å²) < 4.78 is 30.3. The van der Waals surface area contributed by atoms with Crippen LogP contribution >= 0.6 is 7.75 Å². The Hall–Kier alpha value is -3.04. The highest BCUT2D eigenvalue weighted by molar-refractivity contribution is 7.53. The molecule has 1 aliphatic rings. The van der Waals surface area contributed by atoms with Gasteiger partial charge in [-0.3, -0.25) is 0 Å². The minimum atomic E-state index is -3.88. The normalized spacial score (nSPS) is 17.3. The molecule has 0 radical (unpaired) electrons. The topological polar surface area (TPSA) is 51.1 Å². The Morgan fingerprint density at radius 1 is 0.871 bits per heavy atom. The summed E-state index contributed by atoms with van der Waals surface area (Å²) in [5.74, 6) is 1.64. The summed E-state index contributed by atoms with van der Waals surface area (Å²) in [5, 5.41) is 0. The van der Waals surface area contributed by atoms with Crippen LogP contribution in [0.4, 0.5) is 0 Å². The molecule has 0 spiro atoms. The zero-order valence-corrected chi connectivity index (χ0v) is 18.7. The minimum Gasteiger partial charge on any atom is -0.399 e.